The van der Waals surface area contributed by atoms with Crippen molar-refractivity contribution < 1.29 is 0 Å². The summed E-state index contributed by atoms with van der Waals surface area (Å²) in [6.07, 6.45) is 2.65. The minimum absolute atomic E-state index is 1.19. The summed E-state index contributed by atoms with van der Waals surface area (Å²) in [6.45, 7) is 2.40. The fraction of sp³-hybridized carbons (Fsp3) is 0.222. The van der Waals surface area contributed by atoms with E-state index in [4.69, 9.17) is 0 Å². The average Bonchev–Trinajstić information content (AvgIpc) is 3.17. The van der Waals surface area contributed by atoms with Crippen LogP contribution in [0.2, 0.25) is 0 Å². The molecule has 3 aromatic rings. The zero-order valence-corrected chi connectivity index (χ0v) is 11.5. The number of hydrogen-bond donors (Lipinski definition) is 1. The fourth-order valence-electron chi connectivity index (χ4n) is 3.06. The highest BCUT2D eigenvalue weighted by molar-refractivity contribution is 5.85. The summed E-state index contributed by atoms with van der Waals surface area (Å²) < 4.78 is 0. The maximum absolute atomic E-state index is 3.49. The molecule has 4 rings (SSSR count). The molecular weight excluding hydrogens is 244 g/mol. The second-order valence-corrected chi connectivity index (χ2v) is 5.51. The molecule has 0 aliphatic carbocycles. The number of benzene rings is 2. The van der Waals surface area contributed by atoms with Crippen LogP contribution in [0.1, 0.15) is 12.8 Å². The normalized spacial score (nSPS) is 15.1. The molecule has 0 spiro atoms. The van der Waals surface area contributed by atoms with E-state index in [-0.39, 0.29) is 0 Å². The van der Waals surface area contributed by atoms with Crippen molar-refractivity contribution in [2.75, 3.05) is 18.0 Å². The molecule has 1 aliphatic heterocycles. The zero-order valence-electron chi connectivity index (χ0n) is 11.5. The van der Waals surface area contributed by atoms with Crippen LogP contribution in [0.5, 0.6) is 0 Å². The first-order chi connectivity index (χ1) is 9.90. The van der Waals surface area contributed by atoms with Crippen molar-refractivity contribution in [3.8, 4) is 11.3 Å². The Balaban J connectivity index is 1.67. The number of aromatic nitrogens is 1. The summed E-state index contributed by atoms with van der Waals surface area (Å²) in [5, 5.41) is 1.27. The van der Waals surface area contributed by atoms with Gasteiger partial charge in [-0.25, -0.2) is 0 Å². The highest BCUT2D eigenvalue weighted by atomic mass is 15.1. The first-order valence-corrected chi connectivity index (χ1v) is 7.33. The number of hydrogen-bond acceptors (Lipinski definition) is 1. The quantitative estimate of drug-likeness (QED) is 0.723. The molecule has 1 fully saturated rings. The topological polar surface area (TPSA) is 19.0 Å². The second-order valence-electron chi connectivity index (χ2n) is 5.51. The molecule has 1 aliphatic rings. The Morgan fingerprint density at radius 3 is 2.35 bits per heavy atom. The summed E-state index contributed by atoms with van der Waals surface area (Å²) >= 11 is 0. The summed E-state index contributed by atoms with van der Waals surface area (Å²) in [6, 6.07) is 19.6. The zero-order chi connectivity index (χ0) is 13.4. The number of nitrogens with one attached hydrogen (secondary N) is 1. The summed E-state index contributed by atoms with van der Waals surface area (Å²) in [7, 11) is 0. The molecular formula is C18H18N2. The number of nitrogens with zero attached hydrogens (tertiary/aromatic N) is 1. The van der Waals surface area contributed by atoms with Gasteiger partial charge >= 0.3 is 0 Å². The summed E-state index contributed by atoms with van der Waals surface area (Å²) in [4.78, 5) is 5.95. The molecule has 0 bridgehead atoms. The van der Waals surface area contributed by atoms with Crippen LogP contribution in [-0.2, 0) is 0 Å². The van der Waals surface area contributed by atoms with Gasteiger partial charge in [0.05, 0.1) is 0 Å². The predicted molar refractivity (Wildman–Crippen MR) is 85.2 cm³/mol. The Morgan fingerprint density at radius 1 is 0.850 bits per heavy atom. The van der Waals surface area contributed by atoms with Crippen LogP contribution in [0.3, 0.4) is 0 Å². The van der Waals surface area contributed by atoms with Crippen molar-refractivity contribution in [3.05, 3.63) is 54.6 Å². The summed E-state index contributed by atoms with van der Waals surface area (Å²) in [5.74, 6) is 0. The molecule has 1 aromatic heterocycles. The molecule has 2 heteroatoms. The van der Waals surface area contributed by atoms with Crippen LogP contribution in [0, 0.1) is 0 Å². The van der Waals surface area contributed by atoms with E-state index in [1.807, 2.05) is 0 Å². The largest absolute Gasteiger partial charge is 0.372 e. The Hall–Kier alpha value is -2.22. The molecule has 1 saturated heterocycles. The van der Waals surface area contributed by atoms with E-state index in [9.17, 15) is 0 Å². The monoisotopic (exact) mass is 262 g/mol. The van der Waals surface area contributed by atoms with E-state index in [0.29, 0.717) is 0 Å². The predicted octanol–water partition coefficient (Wildman–Crippen LogP) is 4.44. The standard InChI is InChI=1S/C18H18N2/c1-2-6-17-15(5-1)13-18(19-17)14-7-9-16(10-8-14)20-11-3-4-12-20/h1-2,5-10,13,19H,3-4,11-12H2. The minimum Gasteiger partial charge on any atom is -0.372 e. The summed E-state index contributed by atoms with van der Waals surface area (Å²) in [5.41, 5.74) is 5.00. The van der Waals surface area contributed by atoms with Gasteiger partial charge in [0.25, 0.3) is 0 Å². The van der Waals surface area contributed by atoms with Crippen molar-refractivity contribution in [1.29, 1.82) is 0 Å². The van der Waals surface area contributed by atoms with Crippen LogP contribution in [0.4, 0.5) is 5.69 Å². The van der Waals surface area contributed by atoms with Gasteiger partial charge in [-0.1, -0.05) is 30.3 Å². The van der Waals surface area contributed by atoms with Crippen molar-refractivity contribution in [2.45, 2.75) is 12.8 Å². The van der Waals surface area contributed by atoms with Gasteiger partial charge in [0.1, 0.15) is 0 Å². The number of aromatic amines is 1. The number of H-pyrrole nitrogens is 1. The third kappa shape index (κ3) is 1.97. The van der Waals surface area contributed by atoms with E-state index in [0.717, 1.165) is 0 Å². The molecule has 0 saturated carbocycles. The SMILES string of the molecule is c1ccc2[nH]c(-c3ccc(N4CCCC4)cc3)cc2c1. The van der Waals surface area contributed by atoms with Crippen molar-refractivity contribution in [3.63, 3.8) is 0 Å². The van der Waals surface area contributed by atoms with Crippen LogP contribution >= 0.6 is 0 Å². The lowest BCUT2D eigenvalue weighted by molar-refractivity contribution is 0.949. The number of para-hydroxylation sites is 1. The molecule has 1 N–H and O–H groups in total. The Bertz CT molecular complexity index is 686. The van der Waals surface area contributed by atoms with Gasteiger partial charge in [-0.3, -0.25) is 0 Å². The lowest BCUT2D eigenvalue weighted by Crippen LogP contribution is -2.17. The number of rotatable bonds is 2. The number of fused-ring (bicyclic) bond motifs is 1. The van der Waals surface area contributed by atoms with Gasteiger partial charge in [0.2, 0.25) is 0 Å². The van der Waals surface area contributed by atoms with Gasteiger partial charge in [-0.2, -0.15) is 0 Å². The van der Waals surface area contributed by atoms with E-state index >= 15 is 0 Å². The lowest BCUT2D eigenvalue weighted by atomic mass is 10.1. The Labute approximate surface area is 119 Å². The molecule has 0 radical (unpaired) electrons. The van der Waals surface area contributed by atoms with E-state index in [1.54, 1.807) is 0 Å². The van der Waals surface area contributed by atoms with Crippen molar-refractivity contribution in [2.24, 2.45) is 0 Å². The van der Waals surface area contributed by atoms with Crippen molar-refractivity contribution in [1.82, 2.24) is 4.98 Å². The van der Waals surface area contributed by atoms with Gasteiger partial charge in [0.15, 0.2) is 0 Å². The van der Waals surface area contributed by atoms with E-state index < -0.39 is 0 Å². The maximum Gasteiger partial charge on any atom is 0.0464 e. The lowest BCUT2D eigenvalue weighted by Gasteiger charge is -2.17. The molecule has 2 aromatic carbocycles. The molecule has 100 valence electrons. The first-order valence-electron chi connectivity index (χ1n) is 7.33. The third-order valence-corrected chi connectivity index (χ3v) is 4.18. The molecule has 0 amide bonds. The first kappa shape index (κ1) is 11.6. The van der Waals surface area contributed by atoms with Crippen LogP contribution in [0.15, 0.2) is 54.6 Å². The highest BCUT2D eigenvalue weighted by Gasteiger charge is 2.12. The van der Waals surface area contributed by atoms with E-state index in [1.165, 1.54) is 53.8 Å². The fourth-order valence-corrected chi connectivity index (χ4v) is 3.06. The van der Waals surface area contributed by atoms with Gasteiger partial charge in [0, 0.05) is 35.4 Å². The van der Waals surface area contributed by atoms with Gasteiger partial charge in [-0.05, 0) is 42.7 Å². The smallest absolute Gasteiger partial charge is 0.0464 e. The molecule has 2 nitrogen and oxygen atoms in total. The second kappa shape index (κ2) is 4.71. The number of anilines is 1. The molecule has 20 heavy (non-hydrogen) atoms. The van der Waals surface area contributed by atoms with Crippen LogP contribution in [0.25, 0.3) is 22.2 Å². The van der Waals surface area contributed by atoms with Crippen molar-refractivity contribution >= 4 is 16.6 Å². The maximum atomic E-state index is 3.49. The van der Waals surface area contributed by atoms with Crippen LogP contribution < -0.4 is 4.90 Å². The van der Waals surface area contributed by atoms with Gasteiger partial charge < -0.3 is 9.88 Å². The van der Waals surface area contributed by atoms with Gasteiger partial charge in [-0.15, -0.1) is 0 Å². The average molecular weight is 262 g/mol. The molecule has 0 atom stereocenters. The Kier molecular flexibility index (Phi) is 2.73. The molecule has 0 unspecified atom stereocenters. The minimum atomic E-state index is 1.19. The Morgan fingerprint density at radius 2 is 1.60 bits per heavy atom. The molecule has 2 heterocycles. The third-order valence-electron chi connectivity index (χ3n) is 4.18. The van der Waals surface area contributed by atoms with E-state index in [2.05, 4.69) is 64.5 Å². The highest BCUT2D eigenvalue weighted by Crippen LogP contribution is 2.27. The van der Waals surface area contributed by atoms with Crippen LogP contribution in [-0.4, -0.2) is 18.1 Å².